The van der Waals surface area contributed by atoms with Gasteiger partial charge in [0, 0.05) is 29.3 Å². The van der Waals surface area contributed by atoms with Gasteiger partial charge in [-0.2, -0.15) is 11.8 Å². The molecule has 0 saturated heterocycles. The Morgan fingerprint density at radius 1 is 1.24 bits per heavy atom. The van der Waals surface area contributed by atoms with E-state index in [1.807, 2.05) is 6.08 Å². The molecule has 160 valence electrons. The third-order valence-corrected chi connectivity index (χ3v) is 12.5. The van der Waals surface area contributed by atoms with Gasteiger partial charge in [-0.15, -0.1) is 0 Å². The van der Waals surface area contributed by atoms with Gasteiger partial charge in [0.1, 0.15) is 0 Å². The highest BCUT2D eigenvalue weighted by Crippen LogP contribution is 2.77. The van der Waals surface area contributed by atoms with Crippen molar-refractivity contribution in [3.8, 4) is 0 Å². The summed E-state index contributed by atoms with van der Waals surface area (Å²) in [5.41, 5.74) is 1.90. The minimum Gasteiger partial charge on any atom is -0.295 e. The molecule has 0 bridgehead atoms. The van der Waals surface area contributed by atoms with Crippen molar-refractivity contribution in [1.29, 1.82) is 0 Å². The van der Waals surface area contributed by atoms with E-state index in [-0.39, 0.29) is 21.6 Å². The minimum atomic E-state index is 0.0111. The van der Waals surface area contributed by atoms with Crippen molar-refractivity contribution in [2.75, 3.05) is 6.26 Å². The molecule has 29 heavy (non-hydrogen) atoms. The second kappa shape index (κ2) is 6.89. The van der Waals surface area contributed by atoms with Gasteiger partial charge < -0.3 is 0 Å². The van der Waals surface area contributed by atoms with Crippen LogP contribution in [0.25, 0.3) is 0 Å². The maximum absolute atomic E-state index is 12.6. The molecule has 2 nitrogen and oxygen atoms in total. The molecule has 0 unspecified atom stereocenters. The molecule has 0 aromatic carbocycles. The van der Waals surface area contributed by atoms with Crippen LogP contribution in [-0.4, -0.2) is 27.7 Å². The summed E-state index contributed by atoms with van der Waals surface area (Å²) in [6, 6.07) is 0. The lowest BCUT2D eigenvalue weighted by Crippen LogP contribution is -2.58. The van der Waals surface area contributed by atoms with Crippen molar-refractivity contribution in [3.63, 3.8) is 0 Å². The summed E-state index contributed by atoms with van der Waals surface area (Å²) in [6.45, 7) is 9.16. The van der Waals surface area contributed by atoms with Gasteiger partial charge in [0.15, 0.2) is 10.9 Å². The van der Waals surface area contributed by atoms with Gasteiger partial charge in [0.2, 0.25) is 0 Å². The van der Waals surface area contributed by atoms with Gasteiger partial charge in [-0.3, -0.25) is 9.59 Å². The quantitative estimate of drug-likeness (QED) is 0.548. The minimum absolute atomic E-state index is 0.0111. The van der Waals surface area contributed by atoms with Crippen molar-refractivity contribution < 1.29 is 9.59 Å². The fourth-order valence-corrected chi connectivity index (χ4v) is 11.2. The highest BCUT2D eigenvalue weighted by atomic mass is 32.2. The number of hydrogen-bond donors (Lipinski definition) is 0. The van der Waals surface area contributed by atoms with E-state index >= 15 is 0 Å². The van der Waals surface area contributed by atoms with Crippen molar-refractivity contribution in [2.24, 2.45) is 46.3 Å². The number of rotatable bonds is 3. The van der Waals surface area contributed by atoms with E-state index in [0.29, 0.717) is 23.0 Å². The van der Waals surface area contributed by atoms with E-state index in [1.165, 1.54) is 43.0 Å². The van der Waals surface area contributed by atoms with E-state index in [2.05, 4.69) is 38.8 Å². The summed E-state index contributed by atoms with van der Waals surface area (Å²) in [5, 5.41) is 0.934. The summed E-state index contributed by atoms with van der Waals surface area (Å²) in [4.78, 5) is 24.7. The Morgan fingerprint density at radius 2 is 2.00 bits per heavy atom. The molecular formula is C25H36O2S2. The van der Waals surface area contributed by atoms with Crippen LogP contribution in [0.2, 0.25) is 0 Å². The summed E-state index contributed by atoms with van der Waals surface area (Å²) < 4.78 is 0. The molecule has 0 radical (unpaired) electrons. The Morgan fingerprint density at radius 3 is 2.66 bits per heavy atom. The van der Waals surface area contributed by atoms with Gasteiger partial charge in [0.25, 0.3) is 0 Å². The molecular weight excluding hydrogens is 396 g/mol. The normalized spacial score (nSPS) is 52.7. The Hall–Kier alpha value is -0.220. The lowest BCUT2D eigenvalue weighted by molar-refractivity contribution is -0.117. The second-order valence-corrected chi connectivity index (χ2v) is 13.5. The Bertz CT molecular complexity index is 775. The van der Waals surface area contributed by atoms with E-state index in [0.717, 1.165) is 36.0 Å². The highest BCUT2D eigenvalue weighted by molar-refractivity contribution is 8.14. The summed E-state index contributed by atoms with van der Waals surface area (Å²) in [5.74, 6) is 5.32. The number of thioether (sulfide) groups is 2. The number of hydrogen-bond acceptors (Lipinski definition) is 4. The molecule has 5 rings (SSSR count). The number of carbonyl (C=O) groups is 2. The molecule has 0 aliphatic heterocycles. The summed E-state index contributed by atoms with van der Waals surface area (Å²) >= 11 is 3.51. The van der Waals surface area contributed by atoms with Crippen LogP contribution in [-0.2, 0) is 9.59 Å². The number of ketones is 1. The number of fused-ring (bicyclic) bond motifs is 7. The Balaban J connectivity index is 1.58. The first-order valence-electron chi connectivity index (χ1n) is 11.7. The molecule has 0 heterocycles. The van der Waals surface area contributed by atoms with Gasteiger partial charge in [0.05, 0.1) is 0 Å². The van der Waals surface area contributed by atoms with Crippen LogP contribution in [0.3, 0.4) is 0 Å². The third kappa shape index (κ3) is 2.76. The zero-order valence-corrected chi connectivity index (χ0v) is 20.2. The van der Waals surface area contributed by atoms with Gasteiger partial charge in [-0.05, 0) is 78.9 Å². The smallest absolute Gasteiger partial charge is 0.186 e. The van der Waals surface area contributed by atoms with Crippen molar-refractivity contribution in [3.05, 3.63) is 11.6 Å². The lowest BCUT2D eigenvalue weighted by Gasteiger charge is -2.62. The molecule has 5 aliphatic carbocycles. The molecule has 4 heteroatoms. The molecule has 10 atom stereocenters. The van der Waals surface area contributed by atoms with Crippen LogP contribution in [0.1, 0.15) is 66.2 Å². The zero-order chi connectivity index (χ0) is 20.7. The molecule has 0 spiro atoms. The van der Waals surface area contributed by atoms with Crippen molar-refractivity contribution >= 4 is 34.4 Å². The van der Waals surface area contributed by atoms with E-state index in [1.54, 1.807) is 6.92 Å². The van der Waals surface area contributed by atoms with Crippen LogP contribution in [0.4, 0.5) is 0 Å². The standard InChI is InChI=1S/C25H36O2S2/c1-6-18-16-12-17(16)23-22-19(7-8-24(18,23)3)25(4)14(10-20(22)28-5)9-15(27)11-21(25)29-13(2)26/h9,16-23H,6-8,10-12H2,1-5H3/t16-,17+,18+,19-,20+,21-,22-,23-,24+,25-/m0/s1. The van der Waals surface area contributed by atoms with E-state index < -0.39 is 0 Å². The van der Waals surface area contributed by atoms with Crippen LogP contribution in [0.5, 0.6) is 0 Å². The maximum atomic E-state index is 12.6. The molecule has 0 aromatic rings. The predicted molar refractivity (Wildman–Crippen MR) is 123 cm³/mol. The van der Waals surface area contributed by atoms with E-state index in [4.69, 9.17) is 0 Å². The van der Waals surface area contributed by atoms with Gasteiger partial charge >= 0.3 is 0 Å². The molecule has 0 N–H and O–H groups in total. The average molecular weight is 433 g/mol. The van der Waals surface area contributed by atoms with Crippen LogP contribution >= 0.6 is 23.5 Å². The van der Waals surface area contributed by atoms with Crippen molar-refractivity contribution in [1.82, 2.24) is 0 Å². The largest absolute Gasteiger partial charge is 0.295 e. The first-order valence-corrected chi connectivity index (χ1v) is 13.9. The first-order chi connectivity index (χ1) is 13.8. The lowest BCUT2D eigenvalue weighted by atomic mass is 9.45. The van der Waals surface area contributed by atoms with Gasteiger partial charge in [-0.1, -0.05) is 44.5 Å². The monoisotopic (exact) mass is 432 g/mol. The van der Waals surface area contributed by atoms with E-state index in [9.17, 15) is 9.59 Å². The van der Waals surface area contributed by atoms with Crippen LogP contribution in [0.15, 0.2) is 11.6 Å². The predicted octanol–water partition coefficient (Wildman–Crippen LogP) is 6.00. The molecule has 4 fully saturated rings. The SMILES string of the molecule is CC[C@@H]1[C@H]2C[C@H]2[C@H]2[C@@H]3[C@H](SC)CC4=CC(=O)C[C@H](SC(C)=O)[C@]4(C)[C@H]3CC[C@@]21C. The number of allylic oxidation sites excluding steroid dienone is 1. The van der Waals surface area contributed by atoms with Crippen molar-refractivity contribution in [2.45, 2.75) is 76.7 Å². The highest BCUT2D eigenvalue weighted by Gasteiger charge is 2.71. The fraction of sp³-hybridized carbons (Fsp3) is 0.840. The zero-order valence-electron chi connectivity index (χ0n) is 18.6. The Labute approximate surface area is 184 Å². The summed E-state index contributed by atoms with van der Waals surface area (Å²) in [7, 11) is 0. The summed E-state index contributed by atoms with van der Waals surface area (Å²) in [6.07, 6.45) is 11.3. The van der Waals surface area contributed by atoms with Gasteiger partial charge in [-0.25, -0.2) is 0 Å². The van der Waals surface area contributed by atoms with Crippen LogP contribution in [0, 0.1) is 46.3 Å². The molecule has 4 saturated carbocycles. The number of carbonyl (C=O) groups excluding carboxylic acids is 2. The second-order valence-electron chi connectivity index (χ2n) is 11.0. The van der Waals surface area contributed by atoms with Crippen LogP contribution < -0.4 is 0 Å². The topological polar surface area (TPSA) is 34.1 Å². The first kappa shape index (κ1) is 20.7. The molecule has 5 aliphatic rings. The maximum Gasteiger partial charge on any atom is 0.186 e. The average Bonchev–Trinajstić information content (AvgIpc) is 3.37. The third-order valence-electron chi connectivity index (χ3n) is 10.1. The Kier molecular flexibility index (Phi) is 4.91. The molecule has 0 aromatic heterocycles. The fourth-order valence-electron chi connectivity index (χ4n) is 9.01. The molecule has 0 amide bonds.